The van der Waals surface area contributed by atoms with Gasteiger partial charge in [-0.2, -0.15) is 0 Å². The highest BCUT2D eigenvalue weighted by atomic mass is 16.3. The number of fused-ring (bicyclic) bond motifs is 8. The van der Waals surface area contributed by atoms with E-state index in [4.69, 9.17) is 9.40 Å². The van der Waals surface area contributed by atoms with Crippen molar-refractivity contribution in [1.82, 2.24) is 4.98 Å². The summed E-state index contributed by atoms with van der Waals surface area (Å²) >= 11 is 0. The molecule has 0 aliphatic rings. The van der Waals surface area contributed by atoms with E-state index in [1.807, 2.05) is 30.3 Å². The monoisotopic (exact) mass is 714 g/mol. The maximum atomic E-state index is 6.61. The predicted molar refractivity (Wildman–Crippen MR) is 235 cm³/mol. The quantitative estimate of drug-likeness (QED) is 0.161. The number of hydrogen-bond acceptors (Lipinski definition) is 3. The van der Waals surface area contributed by atoms with E-state index >= 15 is 0 Å². The highest BCUT2D eigenvalue weighted by molar-refractivity contribution is 6.27. The van der Waals surface area contributed by atoms with E-state index < -0.39 is 0 Å². The first-order valence-electron chi connectivity index (χ1n) is 19.0. The SMILES string of the molecule is c1ccc(-c2nc3ccc4ccc5ccc6c(-c7cccc(N(c8ccccc8)c8cccc(-c9cccc%10ccccc9%10)c8)c7)cccc6c5c4c3o2)cc1. The first-order chi connectivity index (χ1) is 27.8. The van der Waals surface area contributed by atoms with Gasteiger partial charge in [-0.05, 0) is 109 Å². The summed E-state index contributed by atoms with van der Waals surface area (Å²) in [5.41, 5.74) is 10.7. The van der Waals surface area contributed by atoms with Gasteiger partial charge < -0.3 is 9.32 Å². The van der Waals surface area contributed by atoms with Crippen LogP contribution in [0.4, 0.5) is 17.1 Å². The lowest BCUT2D eigenvalue weighted by molar-refractivity contribution is 0.623. The molecular weight excluding hydrogens is 681 g/mol. The number of rotatable bonds is 6. The Bertz CT molecular complexity index is 3250. The molecule has 0 fully saturated rings. The molecule has 1 heterocycles. The highest BCUT2D eigenvalue weighted by Gasteiger charge is 2.18. The van der Waals surface area contributed by atoms with Gasteiger partial charge in [0.15, 0.2) is 5.58 Å². The van der Waals surface area contributed by atoms with Crippen LogP contribution in [0.3, 0.4) is 0 Å². The van der Waals surface area contributed by atoms with Gasteiger partial charge in [-0.1, -0.05) is 152 Å². The molecule has 0 N–H and O–H groups in total. The van der Waals surface area contributed by atoms with Crippen molar-refractivity contribution >= 4 is 71.3 Å². The average Bonchev–Trinajstić information content (AvgIpc) is 3.72. The summed E-state index contributed by atoms with van der Waals surface area (Å²) in [4.78, 5) is 7.28. The summed E-state index contributed by atoms with van der Waals surface area (Å²) in [6, 6.07) is 73.6. The van der Waals surface area contributed by atoms with Gasteiger partial charge in [-0.15, -0.1) is 0 Å². The second-order valence-electron chi connectivity index (χ2n) is 14.3. The van der Waals surface area contributed by atoms with Gasteiger partial charge >= 0.3 is 0 Å². The Labute approximate surface area is 324 Å². The van der Waals surface area contributed by atoms with E-state index in [1.165, 1.54) is 49.0 Å². The minimum atomic E-state index is 0.633. The smallest absolute Gasteiger partial charge is 0.227 e. The average molecular weight is 715 g/mol. The number of aromatic nitrogens is 1. The Morgan fingerprint density at radius 3 is 1.66 bits per heavy atom. The molecule has 11 rings (SSSR count). The van der Waals surface area contributed by atoms with Crippen molar-refractivity contribution in [3.05, 3.63) is 206 Å². The zero-order valence-electron chi connectivity index (χ0n) is 30.4. The van der Waals surface area contributed by atoms with Gasteiger partial charge in [0.2, 0.25) is 5.89 Å². The standard InChI is InChI=1S/C53H34N2O/c1-3-14-38(15-4-1)53-54-49-32-30-37-28-27-36-29-31-47-46(25-12-26-48(47)50(36)51(37)52(49)56-53)40-18-10-22-43(34-40)55(41-19-5-2-6-20-41)42-21-9-17-39(33-42)45-24-11-16-35-13-7-8-23-44(35)45/h1-34H. The van der Waals surface area contributed by atoms with Gasteiger partial charge in [0.05, 0.1) is 0 Å². The van der Waals surface area contributed by atoms with Crippen LogP contribution in [-0.4, -0.2) is 4.98 Å². The van der Waals surface area contributed by atoms with E-state index in [2.05, 4.69) is 181 Å². The maximum Gasteiger partial charge on any atom is 0.227 e. The third-order valence-electron chi connectivity index (χ3n) is 11.0. The molecule has 10 aromatic carbocycles. The Morgan fingerprint density at radius 1 is 0.357 bits per heavy atom. The van der Waals surface area contributed by atoms with Crippen molar-refractivity contribution in [2.75, 3.05) is 4.90 Å². The van der Waals surface area contributed by atoms with Crippen molar-refractivity contribution in [2.45, 2.75) is 0 Å². The molecule has 1 aromatic heterocycles. The first kappa shape index (κ1) is 32.0. The van der Waals surface area contributed by atoms with Crippen LogP contribution >= 0.6 is 0 Å². The zero-order valence-corrected chi connectivity index (χ0v) is 30.4. The van der Waals surface area contributed by atoms with Crippen LogP contribution in [-0.2, 0) is 0 Å². The van der Waals surface area contributed by atoms with Crippen LogP contribution in [0.2, 0.25) is 0 Å². The molecule has 0 unspecified atom stereocenters. The molecule has 0 aliphatic heterocycles. The van der Waals surface area contributed by atoms with Gasteiger partial charge in [-0.25, -0.2) is 4.98 Å². The number of nitrogens with zero attached hydrogens (tertiary/aromatic N) is 2. The van der Waals surface area contributed by atoms with E-state index in [-0.39, 0.29) is 0 Å². The first-order valence-corrected chi connectivity index (χ1v) is 19.0. The number of anilines is 3. The van der Waals surface area contributed by atoms with E-state index in [0.29, 0.717) is 5.89 Å². The Balaban J connectivity index is 1.08. The largest absolute Gasteiger partial charge is 0.435 e. The summed E-state index contributed by atoms with van der Waals surface area (Å²) in [7, 11) is 0. The molecule has 0 saturated heterocycles. The molecule has 11 aromatic rings. The van der Waals surface area contributed by atoms with E-state index in [1.54, 1.807) is 0 Å². The topological polar surface area (TPSA) is 29.3 Å². The highest BCUT2D eigenvalue weighted by Crippen LogP contribution is 2.43. The number of hydrogen-bond donors (Lipinski definition) is 0. The number of benzene rings is 10. The van der Waals surface area contributed by atoms with Crippen LogP contribution in [0.5, 0.6) is 0 Å². The third-order valence-corrected chi connectivity index (χ3v) is 11.0. The van der Waals surface area contributed by atoms with Crippen LogP contribution in [0.25, 0.3) is 87.9 Å². The van der Waals surface area contributed by atoms with Crippen molar-refractivity contribution in [1.29, 1.82) is 0 Å². The summed E-state index contributed by atoms with van der Waals surface area (Å²) < 4.78 is 6.61. The normalized spacial score (nSPS) is 11.6. The van der Waals surface area contributed by atoms with Crippen LogP contribution in [0.15, 0.2) is 211 Å². The lowest BCUT2D eigenvalue weighted by Crippen LogP contribution is -2.10. The second-order valence-corrected chi connectivity index (χ2v) is 14.3. The summed E-state index contributed by atoms with van der Waals surface area (Å²) in [5.74, 6) is 0.633. The molecule has 0 amide bonds. The number of para-hydroxylation sites is 1. The lowest BCUT2D eigenvalue weighted by Gasteiger charge is -2.26. The lowest BCUT2D eigenvalue weighted by atomic mass is 9.91. The van der Waals surface area contributed by atoms with E-state index in [0.717, 1.165) is 50.1 Å². The van der Waals surface area contributed by atoms with Crippen LogP contribution < -0.4 is 4.90 Å². The Hall–Kier alpha value is -7.49. The van der Waals surface area contributed by atoms with Crippen molar-refractivity contribution in [2.24, 2.45) is 0 Å². The Morgan fingerprint density at radius 2 is 0.893 bits per heavy atom. The zero-order chi connectivity index (χ0) is 37.0. The summed E-state index contributed by atoms with van der Waals surface area (Å²) in [6.07, 6.45) is 0. The minimum absolute atomic E-state index is 0.633. The molecule has 56 heavy (non-hydrogen) atoms. The van der Waals surface area contributed by atoms with Gasteiger partial charge in [0.1, 0.15) is 5.52 Å². The molecular formula is C53H34N2O. The molecule has 0 radical (unpaired) electrons. The van der Waals surface area contributed by atoms with E-state index in [9.17, 15) is 0 Å². The Kier molecular flexibility index (Phi) is 7.49. The predicted octanol–water partition coefficient (Wildman–Crippen LogP) is 14.9. The van der Waals surface area contributed by atoms with Crippen molar-refractivity contribution in [3.8, 4) is 33.7 Å². The van der Waals surface area contributed by atoms with Crippen LogP contribution in [0, 0.1) is 0 Å². The molecule has 3 nitrogen and oxygen atoms in total. The summed E-state index contributed by atoms with van der Waals surface area (Å²) in [5, 5.41) is 9.42. The second kappa shape index (κ2) is 13.1. The fraction of sp³-hybridized carbons (Fsp3) is 0. The maximum absolute atomic E-state index is 6.61. The van der Waals surface area contributed by atoms with Crippen molar-refractivity contribution in [3.63, 3.8) is 0 Å². The van der Waals surface area contributed by atoms with Gasteiger partial charge in [-0.3, -0.25) is 0 Å². The number of oxazole rings is 1. The summed E-state index contributed by atoms with van der Waals surface area (Å²) in [6.45, 7) is 0. The fourth-order valence-electron chi connectivity index (χ4n) is 8.46. The molecule has 3 heteroatoms. The molecule has 0 saturated carbocycles. The van der Waals surface area contributed by atoms with Crippen LogP contribution in [0.1, 0.15) is 0 Å². The molecule has 0 atom stereocenters. The fourth-order valence-corrected chi connectivity index (χ4v) is 8.46. The molecule has 0 spiro atoms. The molecule has 0 aliphatic carbocycles. The molecule has 262 valence electrons. The molecule has 0 bridgehead atoms. The van der Waals surface area contributed by atoms with Gasteiger partial charge in [0.25, 0.3) is 0 Å². The van der Waals surface area contributed by atoms with Crippen molar-refractivity contribution < 1.29 is 4.42 Å². The van der Waals surface area contributed by atoms with Gasteiger partial charge in [0, 0.05) is 33.4 Å². The third kappa shape index (κ3) is 5.32. The minimum Gasteiger partial charge on any atom is -0.435 e.